The zero-order valence-corrected chi connectivity index (χ0v) is 12.8. The van der Waals surface area contributed by atoms with E-state index in [4.69, 9.17) is 11.6 Å². The van der Waals surface area contributed by atoms with E-state index in [1.807, 2.05) is 43.3 Å². The Labute approximate surface area is 130 Å². The van der Waals surface area contributed by atoms with E-state index >= 15 is 0 Å². The van der Waals surface area contributed by atoms with Crippen LogP contribution in [-0.4, -0.2) is 19.0 Å². The monoisotopic (exact) mass is 302 g/mol. The lowest BCUT2D eigenvalue weighted by atomic mass is 10.1. The molecule has 0 aliphatic carbocycles. The molecule has 110 valence electrons. The van der Waals surface area contributed by atoms with Gasteiger partial charge in [-0.1, -0.05) is 48.0 Å². The average Bonchev–Trinajstić information content (AvgIpc) is 2.49. The molecule has 0 bridgehead atoms. The molecule has 3 nitrogen and oxygen atoms in total. The molecule has 1 amide bonds. The Kier molecular flexibility index (Phi) is 5.64. The predicted octanol–water partition coefficient (Wildman–Crippen LogP) is 3.42. The summed E-state index contributed by atoms with van der Waals surface area (Å²) in [6, 6.07) is 15.8. The molecule has 0 radical (unpaired) electrons. The molecule has 0 aliphatic heterocycles. The van der Waals surface area contributed by atoms with Gasteiger partial charge in [0.1, 0.15) is 0 Å². The van der Waals surface area contributed by atoms with E-state index in [2.05, 4.69) is 22.8 Å². The molecule has 0 aliphatic rings. The van der Waals surface area contributed by atoms with Crippen LogP contribution in [0.4, 0.5) is 5.69 Å². The molecule has 4 heteroatoms. The third kappa shape index (κ3) is 5.12. The van der Waals surface area contributed by atoms with Crippen molar-refractivity contribution >= 4 is 23.2 Å². The molecule has 0 heterocycles. The molecule has 0 atom stereocenters. The summed E-state index contributed by atoms with van der Waals surface area (Å²) in [5.41, 5.74) is 3.09. The Balaban J connectivity index is 1.71. The van der Waals surface area contributed by atoms with E-state index in [-0.39, 0.29) is 12.5 Å². The predicted molar refractivity (Wildman–Crippen MR) is 87.8 cm³/mol. The fourth-order valence-corrected chi connectivity index (χ4v) is 2.12. The maximum absolute atomic E-state index is 11.8. The van der Waals surface area contributed by atoms with Gasteiger partial charge < -0.3 is 10.6 Å². The minimum absolute atomic E-state index is 0.0253. The normalized spacial score (nSPS) is 10.2. The van der Waals surface area contributed by atoms with Crippen LogP contribution in [0.15, 0.2) is 48.5 Å². The molecule has 0 saturated heterocycles. The number of halogens is 1. The van der Waals surface area contributed by atoms with Crippen molar-refractivity contribution in [3.05, 3.63) is 64.7 Å². The average molecular weight is 303 g/mol. The van der Waals surface area contributed by atoms with E-state index in [9.17, 15) is 4.79 Å². The van der Waals surface area contributed by atoms with E-state index in [0.29, 0.717) is 11.6 Å². The van der Waals surface area contributed by atoms with Crippen LogP contribution in [0.25, 0.3) is 0 Å². The lowest BCUT2D eigenvalue weighted by molar-refractivity contribution is -0.119. The number of hydrogen-bond acceptors (Lipinski definition) is 2. The largest absolute Gasteiger partial charge is 0.376 e. The van der Waals surface area contributed by atoms with E-state index in [0.717, 1.165) is 17.7 Å². The maximum Gasteiger partial charge on any atom is 0.239 e. The number of nitrogens with one attached hydrogen (secondary N) is 2. The summed E-state index contributed by atoms with van der Waals surface area (Å²) in [5.74, 6) is -0.0253. The van der Waals surface area contributed by atoms with Gasteiger partial charge in [0.15, 0.2) is 0 Å². The van der Waals surface area contributed by atoms with Crippen molar-refractivity contribution in [1.82, 2.24) is 5.32 Å². The topological polar surface area (TPSA) is 41.1 Å². The Morgan fingerprint density at radius 1 is 1.14 bits per heavy atom. The third-order valence-electron chi connectivity index (χ3n) is 3.20. The fraction of sp³-hybridized carbons (Fsp3) is 0.235. The zero-order valence-electron chi connectivity index (χ0n) is 12.0. The lowest BCUT2D eigenvalue weighted by Crippen LogP contribution is -2.31. The van der Waals surface area contributed by atoms with Crippen LogP contribution in [0.2, 0.25) is 5.02 Å². The molecule has 2 N–H and O–H groups in total. The minimum Gasteiger partial charge on any atom is -0.376 e. The van der Waals surface area contributed by atoms with Crippen molar-refractivity contribution in [2.24, 2.45) is 0 Å². The minimum atomic E-state index is -0.0253. The number of aryl methyl sites for hydroxylation is 1. The molecule has 21 heavy (non-hydrogen) atoms. The molecule has 0 saturated carbocycles. The second kappa shape index (κ2) is 7.70. The number of carbonyl (C=O) groups is 1. The summed E-state index contributed by atoms with van der Waals surface area (Å²) in [7, 11) is 0. The molecule has 0 spiro atoms. The van der Waals surface area contributed by atoms with Gasteiger partial charge in [-0.2, -0.15) is 0 Å². The van der Waals surface area contributed by atoms with E-state index < -0.39 is 0 Å². The molecule has 0 fully saturated rings. The van der Waals surface area contributed by atoms with Gasteiger partial charge in [0, 0.05) is 17.3 Å². The number of hydrogen-bond donors (Lipinski definition) is 2. The van der Waals surface area contributed by atoms with Crippen molar-refractivity contribution < 1.29 is 4.79 Å². The summed E-state index contributed by atoms with van der Waals surface area (Å²) in [6.45, 7) is 2.83. The Bertz CT molecular complexity index is 599. The zero-order chi connectivity index (χ0) is 15.1. The van der Waals surface area contributed by atoms with E-state index in [1.54, 1.807) is 0 Å². The smallest absolute Gasteiger partial charge is 0.239 e. The molecule has 0 unspecified atom stereocenters. The Morgan fingerprint density at radius 3 is 2.62 bits per heavy atom. The second-order valence-corrected chi connectivity index (χ2v) is 5.31. The Hall–Kier alpha value is -2.00. The summed E-state index contributed by atoms with van der Waals surface area (Å²) in [4.78, 5) is 11.8. The van der Waals surface area contributed by atoms with Gasteiger partial charge in [-0.3, -0.25) is 4.79 Å². The van der Waals surface area contributed by atoms with Crippen LogP contribution >= 0.6 is 11.6 Å². The van der Waals surface area contributed by atoms with Gasteiger partial charge in [-0.25, -0.2) is 0 Å². The van der Waals surface area contributed by atoms with Crippen LogP contribution in [0, 0.1) is 6.92 Å². The second-order valence-electron chi connectivity index (χ2n) is 4.90. The molecule has 2 aromatic rings. The highest BCUT2D eigenvalue weighted by Crippen LogP contribution is 2.19. The quantitative estimate of drug-likeness (QED) is 0.858. The van der Waals surface area contributed by atoms with Crippen molar-refractivity contribution in [3.63, 3.8) is 0 Å². The molecular formula is C17H19ClN2O. The first-order valence-corrected chi connectivity index (χ1v) is 7.33. The van der Waals surface area contributed by atoms with Crippen LogP contribution in [0.5, 0.6) is 0 Å². The first kappa shape index (κ1) is 15.4. The van der Waals surface area contributed by atoms with Crippen molar-refractivity contribution in [2.45, 2.75) is 13.3 Å². The van der Waals surface area contributed by atoms with Gasteiger partial charge in [-0.05, 0) is 36.6 Å². The maximum atomic E-state index is 11.8. The number of amides is 1. The number of benzene rings is 2. The Morgan fingerprint density at radius 2 is 1.90 bits per heavy atom. The molecule has 2 rings (SSSR count). The first-order chi connectivity index (χ1) is 10.1. The highest BCUT2D eigenvalue weighted by atomic mass is 35.5. The van der Waals surface area contributed by atoms with Crippen LogP contribution in [0.3, 0.4) is 0 Å². The number of carbonyl (C=O) groups excluding carboxylic acids is 1. The van der Waals surface area contributed by atoms with Gasteiger partial charge in [0.25, 0.3) is 0 Å². The lowest BCUT2D eigenvalue weighted by Gasteiger charge is -2.09. The molecule has 2 aromatic carbocycles. The third-order valence-corrected chi connectivity index (χ3v) is 3.61. The highest BCUT2D eigenvalue weighted by molar-refractivity contribution is 6.31. The van der Waals surface area contributed by atoms with Crippen LogP contribution in [0.1, 0.15) is 11.1 Å². The van der Waals surface area contributed by atoms with Gasteiger partial charge in [-0.15, -0.1) is 0 Å². The van der Waals surface area contributed by atoms with Crippen molar-refractivity contribution in [3.8, 4) is 0 Å². The summed E-state index contributed by atoms with van der Waals surface area (Å²) in [5, 5.41) is 6.66. The molecular weight excluding hydrogens is 284 g/mol. The van der Waals surface area contributed by atoms with Crippen LogP contribution in [-0.2, 0) is 11.2 Å². The van der Waals surface area contributed by atoms with Gasteiger partial charge in [0.05, 0.1) is 6.54 Å². The molecule has 0 aromatic heterocycles. The van der Waals surface area contributed by atoms with Gasteiger partial charge >= 0.3 is 0 Å². The summed E-state index contributed by atoms with van der Waals surface area (Å²) >= 11 is 6.04. The number of anilines is 1. The van der Waals surface area contributed by atoms with E-state index in [1.165, 1.54) is 5.56 Å². The van der Waals surface area contributed by atoms with Crippen molar-refractivity contribution in [2.75, 3.05) is 18.4 Å². The first-order valence-electron chi connectivity index (χ1n) is 6.96. The van der Waals surface area contributed by atoms with Gasteiger partial charge in [0.2, 0.25) is 5.91 Å². The van der Waals surface area contributed by atoms with Crippen molar-refractivity contribution in [1.29, 1.82) is 0 Å². The standard InChI is InChI=1S/C17H19ClN2O/c1-13-7-8-15(11-16(13)18)20-12-17(21)19-10-9-14-5-3-2-4-6-14/h2-8,11,20H,9-10,12H2,1H3,(H,19,21). The summed E-state index contributed by atoms with van der Waals surface area (Å²) in [6.07, 6.45) is 0.836. The highest BCUT2D eigenvalue weighted by Gasteiger charge is 2.02. The number of rotatable bonds is 6. The fourth-order valence-electron chi connectivity index (χ4n) is 1.94. The van der Waals surface area contributed by atoms with Crippen LogP contribution < -0.4 is 10.6 Å². The summed E-state index contributed by atoms with van der Waals surface area (Å²) < 4.78 is 0. The SMILES string of the molecule is Cc1ccc(NCC(=O)NCCc2ccccc2)cc1Cl.